The number of fused-ring (bicyclic) bond motifs is 1. The van der Waals surface area contributed by atoms with Crippen molar-refractivity contribution in [3.8, 4) is 0 Å². The summed E-state index contributed by atoms with van der Waals surface area (Å²) in [5, 5.41) is 0. The number of hydrogen-bond donors (Lipinski definition) is 2. The van der Waals surface area contributed by atoms with Crippen LogP contribution in [-0.4, -0.2) is 9.97 Å². The Morgan fingerprint density at radius 2 is 2.33 bits per heavy atom. The molecule has 2 rings (SSSR count). The summed E-state index contributed by atoms with van der Waals surface area (Å²) in [5.74, 6) is -0.323. The Labute approximate surface area is 68.4 Å². The van der Waals surface area contributed by atoms with Crippen LogP contribution in [0.5, 0.6) is 0 Å². The van der Waals surface area contributed by atoms with E-state index in [1.807, 2.05) is 0 Å². The predicted octanol–water partition coefficient (Wildman–Crippen LogP) is 1.16. The summed E-state index contributed by atoms with van der Waals surface area (Å²) in [6, 6.07) is 3.43. The van der Waals surface area contributed by atoms with Crippen molar-refractivity contribution >= 4 is 11.0 Å². The highest BCUT2D eigenvalue weighted by Crippen LogP contribution is 2.16. The fourth-order valence-electron chi connectivity index (χ4n) is 1.17. The number of halogens is 1. The van der Waals surface area contributed by atoms with Crippen LogP contribution >= 0.6 is 0 Å². The molecule has 1 aromatic heterocycles. The number of nitrogens with one attached hydrogen (secondary N) is 1. The third-order valence-corrected chi connectivity index (χ3v) is 1.83. The second kappa shape index (κ2) is 2.57. The number of nitrogens with two attached hydrogens (primary N) is 1. The van der Waals surface area contributed by atoms with E-state index < -0.39 is 0 Å². The zero-order valence-electron chi connectivity index (χ0n) is 6.34. The van der Waals surface area contributed by atoms with Gasteiger partial charge < -0.3 is 10.7 Å². The lowest BCUT2D eigenvalue weighted by Crippen LogP contribution is -1.99. The first-order valence-electron chi connectivity index (χ1n) is 3.63. The molecular weight excluding hydrogens is 157 g/mol. The van der Waals surface area contributed by atoms with E-state index in [0.29, 0.717) is 16.6 Å². The van der Waals surface area contributed by atoms with E-state index in [1.165, 1.54) is 6.33 Å². The van der Waals surface area contributed by atoms with E-state index in [-0.39, 0.29) is 12.4 Å². The highest BCUT2D eigenvalue weighted by molar-refractivity contribution is 5.75. The monoisotopic (exact) mass is 165 g/mol. The van der Waals surface area contributed by atoms with Crippen LogP contribution < -0.4 is 5.73 Å². The minimum absolute atomic E-state index is 0.203. The Hall–Kier alpha value is -1.42. The molecule has 0 aliphatic heterocycles. The molecule has 0 bridgehead atoms. The topological polar surface area (TPSA) is 54.7 Å². The number of H-pyrrole nitrogens is 1. The summed E-state index contributed by atoms with van der Waals surface area (Å²) < 4.78 is 13.3. The maximum atomic E-state index is 13.3. The van der Waals surface area contributed by atoms with Gasteiger partial charge in [-0.2, -0.15) is 0 Å². The summed E-state index contributed by atoms with van der Waals surface area (Å²) in [5.41, 5.74) is 6.89. The number of benzene rings is 1. The number of imidazole rings is 1. The predicted molar refractivity (Wildman–Crippen MR) is 43.9 cm³/mol. The van der Waals surface area contributed by atoms with Crippen LogP contribution in [0, 0.1) is 5.82 Å². The standard InChI is InChI=1S/C8H8FN3/c9-7-5(3-10)1-2-6-8(7)12-4-11-6/h1-2,4H,3,10H2,(H,11,12). The van der Waals surface area contributed by atoms with Gasteiger partial charge in [-0.25, -0.2) is 9.37 Å². The lowest BCUT2D eigenvalue weighted by molar-refractivity contribution is 0.620. The molecule has 2 aromatic rings. The molecule has 3 N–H and O–H groups in total. The van der Waals surface area contributed by atoms with E-state index in [1.54, 1.807) is 12.1 Å². The zero-order chi connectivity index (χ0) is 8.55. The average Bonchev–Trinajstić information content (AvgIpc) is 2.53. The summed E-state index contributed by atoms with van der Waals surface area (Å²) >= 11 is 0. The van der Waals surface area contributed by atoms with Gasteiger partial charge >= 0.3 is 0 Å². The second-order valence-electron chi connectivity index (χ2n) is 2.54. The van der Waals surface area contributed by atoms with E-state index in [4.69, 9.17) is 5.73 Å². The molecule has 0 radical (unpaired) electrons. The van der Waals surface area contributed by atoms with Crippen molar-refractivity contribution in [2.75, 3.05) is 0 Å². The fourth-order valence-corrected chi connectivity index (χ4v) is 1.17. The number of hydrogen-bond acceptors (Lipinski definition) is 2. The van der Waals surface area contributed by atoms with Gasteiger partial charge in [-0.15, -0.1) is 0 Å². The van der Waals surface area contributed by atoms with Crippen molar-refractivity contribution in [3.63, 3.8) is 0 Å². The van der Waals surface area contributed by atoms with Crippen LogP contribution in [0.2, 0.25) is 0 Å². The van der Waals surface area contributed by atoms with Gasteiger partial charge in [0.05, 0.1) is 11.8 Å². The van der Waals surface area contributed by atoms with Gasteiger partial charge in [-0.1, -0.05) is 6.07 Å². The molecule has 0 saturated carbocycles. The third-order valence-electron chi connectivity index (χ3n) is 1.83. The van der Waals surface area contributed by atoms with Crippen molar-refractivity contribution in [2.45, 2.75) is 6.54 Å². The minimum Gasteiger partial charge on any atom is -0.345 e. The van der Waals surface area contributed by atoms with E-state index in [9.17, 15) is 4.39 Å². The molecular formula is C8H8FN3. The van der Waals surface area contributed by atoms with Gasteiger partial charge in [0.15, 0.2) is 5.82 Å². The molecule has 1 heterocycles. The minimum atomic E-state index is -0.323. The fraction of sp³-hybridized carbons (Fsp3) is 0.125. The Morgan fingerprint density at radius 3 is 3.08 bits per heavy atom. The van der Waals surface area contributed by atoms with Crippen molar-refractivity contribution in [1.29, 1.82) is 0 Å². The second-order valence-corrected chi connectivity index (χ2v) is 2.54. The molecule has 0 amide bonds. The number of aromatic amines is 1. The van der Waals surface area contributed by atoms with Crippen molar-refractivity contribution in [1.82, 2.24) is 9.97 Å². The van der Waals surface area contributed by atoms with Gasteiger partial charge in [0.2, 0.25) is 0 Å². The van der Waals surface area contributed by atoms with Gasteiger partial charge in [0.1, 0.15) is 5.52 Å². The van der Waals surface area contributed by atoms with E-state index >= 15 is 0 Å². The van der Waals surface area contributed by atoms with Crippen LogP contribution in [0.4, 0.5) is 4.39 Å². The van der Waals surface area contributed by atoms with Gasteiger partial charge in [-0.05, 0) is 6.07 Å². The first-order valence-corrected chi connectivity index (χ1v) is 3.63. The summed E-state index contributed by atoms with van der Waals surface area (Å²) in [6.07, 6.45) is 1.47. The number of rotatable bonds is 1. The molecule has 62 valence electrons. The molecule has 0 saturated heterocycles. The molecule has 0 spiro atoms. The number of aromatic nitrogens is 2. The van der Waals surface area contributed by atoms with Crippen LogP contribution in [0.1, 0.15) is 5.56 Å². The summed E-state index contributed by atoms with van der Waals surface area (Å²) in [7, 11) is 0. The average molecular weight is 165 g/mol. The highest BCUT2D eigenvalue weighted by atomic mass is 19.1. The van der Waals surface area contributed by atoms with Gasteiger partial charge in [0, 0.05) is 12.1 Å². The maximum Gasteiger partial charge on any atom is 0.155 e. The Morgan fingerprint density at radius 1 is 1.50 bits per heavy atom. The summed E-state index contributed by atoms with van der Waals surface area (Å²) in [6.45, 7) is 0.203. The van der Waals surface area contributed by atoms with E-state index in [0.717, 1.165) is 0 Å². The van der Waals surface area contributed by atoms with Crippen LogP contribution in [0.3, 0.4) is 0 Å². The van der Waals surface area contributed by atoms with E-state index in [2.05, 4.69) is 9.97 Å². The molecule has 12 heavy (non-hydrogen) atoms. The maximum absolute atomic E-state index is 13.3. The normalized spacial score (nSPS) is 10.8. The van der Waals surface area contributed by atoms with Crippen molar-refractivity contribution < 1.29 is 4.39 Å². The smallest absolute Gasteiger partial charge is 0.155 e. The molecule has 0 fully saturated rings. The first-order chi connectivity index (χ1) is 5.83. The zero-order valence-corrected chi connectivity index (χ0v) is 6.34. The Balaban J connectivity index is 2.78. The largest absolute Gasteiger partial charge is 0.345 e. The van der Waals surface area contributed by atoms with Gasteiger partial charge in [0.25, 0.3) is 0 Å². The molecule has 4 heteroatoms. The van der Waals surface area contributed by atoms with Crippen molar-refractivity contribution in [2.24, 2.45) is 5.73 Å². The lowest BCUT2D eigenvalue weighted by atomic mass is 10.2. The lowest BCUT2D eigenvalue weighted by Gasteiger charge is -1.98. The molecule has 0 aliphatic carbocycles. The molecule has 3 nitrogen and oxygen atoms in total. The molecule has 0 atom stereocenters. The number of nitrogens with zero attached hydrogens (tertiary/aromatic N) is 1. The molecule has 1 aromatic carbocycles. The van der Waals surface area contributed by atoms with Gasteiger partial charge in [-0.3, -0.25) is 0 Å². The first kappa shape index (κ1) is 7.24. The Bertz CT molecular complexity index is 408. The Kier molecular flexibility index (Phi) is 1.55. The molecule has 0 unspecified atom stereocenters. The van der Waals surface area contributed by atoms with Crippen LogP contribution in [0.15, 0.2) is 18.5 Å². The highest BCUT2D eigenvalue weighted by Gasteiger charge is 2.06. The van der Waals surface area contributed by atoms with Crippen LogP contribution in [0.25, 0.3) is 11.0 Å². The quantitative estimate of drug-likeness (QED) is 0.666. The van der Waals surface area contributed by atoms with Crippen molar-refractivity contribution in [3.05, 3.63) is 29.8 Å². The molecule has 0 aliphatic rings. The SMILES string of the molecule is NCc1ccc2[nH]cnc2c1F. The third kappa shape index (κ3) is 0.887. The van der Waals surface area contributed by atoms with Crippen LogP contribution in [-0.2, 0) is 6.54 Å². The summed E-state index contributed by atoms with van der Waals surface area (Å²) in [4.78, 5) is 6.66.